The van der Waals surface area contributed by atoms with Crippen LogP contribution in [-0.4, -0.2) is 6.04 Å². The Labute approximate surface area is 110 Å². The summed E-state index contributed by atoms with van der Waals surface area (Å²) in [4.78, 5) is 0. The molecule has 19 heavy (non-hydrogen) atoms. The predicted octanol–water partition coefficient (Wildman–Crippen LogP) is 4.12. The molecule has 5 heteroatoms. The zero-order valence-corrected chi connectivity index (χ0v) is 10.7. The molecular formula is C14H17F4N. The van der Waals surface area contributed by atoms with Crippen LogP contribution in [0.25, 0.3) is 0 Å². The summed E-state index contributed by atoms with van der Waals surface area (Å²) in [5.74, 6) is -0.570. The van der Waals surface area contributed by atoms with Crippen molar-refractivity contribution in [3.63, 3.8) is 0 Å². The van der Waals surface area contributed by atoms with E-state index in [2.05, 4.69) is 12.2 Å². The van der Waals surface area contributed by atoms with Crippen molar-refractivity contribution in [1.82, 2.24) is 5.32 Å². The fraction of sp³-hybridized carbons (Fsp3) is 0.571. The Kier molecular flexibility index (Phi) is 4.13. The van der Waals surface area contributed by atoms with Crippen LogP contribution < -0.4 is 5.32 Å². The van der Waals surface area contributed by atoms with Gasteiger partial charge in [0, 0.05) is 12.6 Å². The van der Waals surface area contributed by atoms with Crippen LogP contribution >= 0.6 is 0 Å². The summed E-state index contributed by atoms with van der Waals surface area (Å²) in [6.07, 6.45) is -1.28. The number of halogens is 4. The first-order valence-corrected chi connectivity index (χ1v) is 6.50. The van der Waals surface area contributed by atoms with E-state index < -0.39 is 17.6 Å². The molecule has 1 aromatic rings. The summed E-state index contributed by atoms with van der Waals surface area (Å²) in [6.45, 7) is 2.47. The van der Waals surface area contributed by atoms with Gasteiger partial charge >= 0.3 is 6.18 Å². The highest BCUT2D eigenvalue weighted by Gasteiger charge is 2.36. The summed E-state index contributed by atoms with van der Waals surface area (Å²) in [5, 5.41) is 3.22. The van der Waals surface area contributed by atoms with Crippen LogP contribution in [0.3, 0.4) is 0 Å². The summed E-state index contributed by atoms with van der Waals surface area (Å²) in [6, 6.07) is 3.57. The molecule has 0 spiro atoms. The lowest BCUT2D eigenvalue weighted by Crippen LogP contribution is -2.18. The Morgan fingerprint density at radius 2 is 2.05 bits per heavy atom. The number of rotatable bonds is 5. The molecule has 0 bridgehead atoms. The summed E-state index contributed by atoms with van der Waals surface area (Å²) in [5.41, 5.74) is -0.719. The summed E-state index contributed by atoms with van der Waals surface area (Å²) in [7, 11) is 0. The van der Waals surface area contributed by atoms with Gasteiger partial charge in [0.15, 0.2) is 0 Å². The van der Waals surface area contributed by atoms with Crippen molar-refractivity contribution >= 4 is 0 Å². The van der Waals surface area contributed by atoms with Gasteiger partial charge in [0.05, 0.1) is 5.56 Å². The molecule has 1 N–H and O–H groups in total. The Morgan fingerprint density at radius 1 is 1.32 bits per heavy atom. The van der Waals surface area contributed by atoms with Crippen LogP contribution in [0.2, 0.25) is 0 Å². The smallest absolute Gasteiger partial charge is 0.310 e. The lowest BCUT2D eigenvalue weighted by atomic mass is 10.1. The van der Waals surface area contributed by atoms with Crippen molar-refractivity contribution < 1.29 is 17.6 Å². The third-order valence-electron chi connectivity index (χ3n) is 3.49. The highest BCUT2D eigenvalue weighted by molar-refractivity contribution is 5.27. The van der Waals surface area contributed by atoms with Crippen LogP contribution in [0.15, 0.2) is 18.2 Å². The maximum absolute atomic E-state index is 13.1. The molecule has 2 atom stereocenters. The fourth-order valence-electron chi connectivity index (χ4n) is 2.34. The minimum atomic E-state index is -4.63. The van der Waals surface area contributed by atoms with E-state index >= 15 is 0 Å². The van der Waals surface area contributed by atoms with Gasteiger partial charge in [-0.3, -0.25) is 0 Å². The van der Waals surface area contributed by atoms with Crippen LogP contribution in [0, 0.1) is 11.7 Å². The molecule has 1 fully saturated rings. The largest absolute Gasteiger partial charge is 0.419 e. The second kappa shape index (κ2) is 5.49. The van der Waals surface area contributed by atoms with Crippen LogP contribution in [0.1, 0.15) is 37.3 Å². The van der Waals surface area contributed by atoms with E-state index in [-0.39, 0.29) is 0 Å². The molecule has 1 saturated carbocycles. The van der Waals surface area contributed by atoms with Crippen molar-refractivity contribution in [3.05, 3.63) is 35.1 Å². The van der Waals surface area contributed by atoms with Gasteiger partial charge in [-0.2, -0.15) is 13.2 Å². The van der Waals surface area contributed by atoms with Crippen molar-refractivity contribution in [3.8, 4) is 0 Å². The lowest BCUT2D eigenvalue weighted by molar-refractivity contribution is -0.140. The number of nitrogens with one attached hydrogen (secondary N) is 1. The molecule has 0 aliphatic heterocycles. The third-order valence-corrected chi connectivity index (χ3v) is 3.49. The summed E-state index contributed by atoms with van der Waals surface area (Å²) < 4.78 is 50.7. The van der Waals surface area contributed by atoms with Crippen LogP contribution in [0.5, 0.6) is 0 Å². The zero-order valence-electron chi connectivity index (χ0n) is 10.7. The van der Waals surface area contributed by atoms with Gasteiger partial charge in [-0.25, -0.2) is 4.39 Å². The minimum Gasteiger partial charge on any atom is -0.310 e. The van der Waals surface area contributed by atoms with Gasteiger partial charge in [-0.05, 0) is 36.5 Å². The van der Waals surface area contributed by atoms with E-state index in [0.29, 0.717) is 24.1 Å². The second-order valence-corrected chi connectivity index (χ2v) is 5.08. The highest BCUT2D eigenvalue weighted by atomic mass is 19.4. The van der Waals surface area contributed by atoms with Gasteiger partial charge in [0.2, 0.25) is 0 Å². The minimum absolute atomic E-state index is 0.355. The lowest BCUT2D eigenvalue weighted by Gasteiger charge is -2.10. The van der Waals surface area contributed by atoms with Gasteiger partial charge in [0.1, 0.15) is 5.82 Å². The van der Waals surface area contributed by atoms with Gasteiger partial charge in [0.25, 0.3) is 0 Å². The van der Waals surface area contributed by atoms with Gasteiger partial charge in [-0.15, -0.1) is 0 Å². The highest BCUT2D eigenvalue weighted by Crippen LogP contribution is 2.35. The molecule has 106 valence electrons. The van der Waals surface area contributed by atoms with Crippen molar-refractivity contribution in [2.45, 2.75) is 44.9 Å². The molecule has 0 aromatic heterocycles. The van der Waals surface area contributed by atoms with E-state index in [1.54, 1.807) is 0 Å². The fourth-order valence-corrected chi connectivity index (χ4v) is 2.34. The maximum atomic E-state index is 13.1. The third kappa shape index (κ3) is 3.69. The quantitative estimate of drug-likeness (QED) is 0.797. The SMILES string of the molecule is CCCC1CC1NCc1ccc(F)c(C(F)(F)F)c1. The first-order valence-electron chi connectivity index (χ1n) is 6.50. The van der Waals surface area contributed by atoms with E-state index in [4.69, 9.17) is 0 Å². The molecule has 1 nitrogen and oxygen atoms in total. The van der Waals surface area contributed by atoms with Gasteiger partial charge < -0.3 is 5.32 Å². The topological polar surface area (TPSA) is 12.0 Å². The average molecular weight is 275 g/mol. The molecule has 0 heterocycles. The zero-order chi connectivity index (χ0) is 14.0. The van der Waals surface area contributed by atoms with Crippen molar-refractivity contribution in [2.24, 2.45) is 5.92 Å². The molecule has 1 aliphatic rings. The molecule has 0 amide bonds. The maximum Gasteiger partial charge on any atom is 0.419 e. The molecule has 1 aliphatic carbocycles. The molecule has 2 rings (SSSR count). The number of hydrogen-bond donors (Lipinski definition) is 1. The Hall–Kier alpha value is -1.10. The number of hydrogen-bond acceptors (Lipinski definition) is 1. The van der Waals surface area contributed by atoms with Crippen molar-refractivity contribution in [2.75, 3.05) is 0 Å². The normalized spacial score (nSPS) is 22.6. The van der Waals surface area contributed by atoms with E-state index in [1.807, 2.05) is 0 Å². The molecule has 0 saturated heterocycles. The van der Waals surface area contributed by atoms with E-state index in [9.17, 15) is 17.6 Å². The standard InChI is InChI=1S/C14H17F4N/c1-2-3-10-7-13(10)19-8-9-4-5-12(15)11(6-9)14(16,17)18/h4-6,10,13,19H,2-3,7-8H2,1H3. The first kappa shape index (κ1) is 14.3. The average Bonchev–Trinajstić information content (AvgIpc) is 3.05. The van der Waals surface area contributed by atoms with Crippen LogP contribution in [-0.2, 0) is 12.7 Å². The summed E-state index contributed by atoms with van der Waals surface area (Å²) >= 11 is 0. The molecule has 0 radical (unpaired) electrons. The van der Waals surface area contributed by atoms with Crippen molar-refractivity contribution in [1.29, 1.82) is 0 Å². The molecule has 2 unspecified atom stereocenters. The van der Waals surface area contributed by atoms with E-state index in [0.717, 1.165) is 31.4 Å². The Morgan fingerprint density at radius 3 is 2.68 bits per heavy atom. The number of benzene rings is 1. The van der Waals surface area contributed by atoms with Gasteiger partial charge in [-0.1, -0.05) is 19.4 Å². The monoisotopic (exact) mass is 275 g/mol. The molecule has 1 aromatic carbocycles. The second-order valence-electron chi connectivity index (χ2n) is 5.08. The first-order chi connectivity index (χ1) is 8.91. The number of alkyl halides is 3. The Bertz CT molecular complexity index is 442. The molecular weight excluding hydrogens is 258 g/mol. The Balaban J connectivity index is 1.95. The van der Waals surface area contributed by atoms with E-state index in [1.165, 1.54) is 6.07 Å². The van der Waals surface area contributed by atoms with Crippen LogP contribution in [0.4, 0.5) is 17.6 Å². The predicted molar refractivity (Wildman–Crippen MR) is 65.0 cm³/mol.